The zero-order chi connectivity index (χ0) is 10.2. The molecule has 0 heterocycles. The van der Waals surface area contributed by atoms with Crippen molar-refractivity contribution in [2.45, 2.75) is 20.3 Å². The molecule has 0 aliphatic rings. The van der Waals surface area contributed by atoms with Crippen LogP contribution in [0.3, 0.4) is 0 Å². The topological polar surface area (TPSA) is 21.3 Å². The van der Waals surface area contributed by atoms with Crippen molar-refractivity contribution in [2.24, 2.45) is 5.92 Å². The summed E-state index contributed by atoms with van der Waals surface area (Å²) in [5, 5.41) is 0. The molecule has 1 aromatic rings. The standard InChI is InChI=1S/C12H19NO/c1-11(2)10-14-13-9-8-12-6-4-3-5-7-12/h3-7,11,13H,8-10H2,1-2H3. The molecule has 2 heteroatoms. The predicted molar refractivity (Wildman–Crippen MR) is 58.9 cm³/mol. The van der Waals surface area contributed by atoms with Crippen LogP contribution < -0.4 is 5.48 Å². The molecule has 78 valence electrons. The van der Waals surface area contributed by atoms with E-state index in [9.17, 15) is 0 Å². The summed E-state index contributed by atoms with van der Waals surface area (Å²) in [5.74, 6) is 0.583. The molecule has 2 nitrogen and oxygen atoms in total. The van der Waals surface area contributed by atoms with E-state index in [4.69, 9.17) is 4.84 Å². The molecule has 0 fully saturated rings. The minimum Gasteiger partial charge on any atom is -0.302 e. The summed E-state index contributed by atoms with van der Waals surface area (Å²) in [6.45, 7) is 5.92. The number of hydroxylamine groups is 1. The van der Waals surface area contributed by atoms with Gasteiger partial charge in [-0.05, 0) is 17.9 Å². The summed E-state index contributed by atoms with van der Waals surface area (Å²) in [7, 11) is 0. The fourth-order valence-electron chi connectivity index (χ4n) is 1.14. The van der Waals surface area contributed by atoms with Crippen LogP contribution in [0.2, 0.25) is 0 Å². The Morgan fingerprint density at radius 3 is 2.57 bits per heavy atom. The molecular weight excluding hydrogens is 174 g/mol. The lowest BCUT2D eigenvalue weighted by atomic mass is 10.2. The molecule has 1 rings (SSSR count). The average molecular weight is 193 g/mol. The molecule has 0 saturated heterocycles. The van der Waals surface area contributed by atoms with Crippen molar-refractivity contribution in [2.75, 3.05) is 13.2 Å². The van der Waals surface area contributed by atoms with Gasteiger partial charge in [-0.3, -0.25) is 0 Å². The van der Waals surface area contributed by atoms with Crippen LogP contribution in [0.25, 0.3) is 0 Å². The lowest BCUT2D eigenvalue weighted by Gasteiger charge is -2.07. The molecular formula is C12H19NO. The molecule has 1 aromatic carbocycles. The zero-order valence-corrected chi connectivity index (χ0v) is 8.99. The van der Waals surface area contributed by atoms with Crippen molar-refractivity contribution >= 4 is 0 Å². The van der Waals surface area contributed by atoms with Gasteiger partial charge in [-0.1, -0.05) is 44.2 Å². The molecule has 0 aromatic heterocycles. The number of nitrogens with one attached hydrogen (secondary N) is 1. The summed E-state index contributed by atoms with van der Waals surface area (Å²) in [4.78, 5) is 5.27. The third kappa shape index (κ3) is 5.00. The summed E-state index contributed by atoms with van der Waals surface area (Å²) < 4.78 is 0. The van der Waals surface area contributed by atoms with Crippen LogP contribution in [0.4, 0.5) is 0 Å². The molecule has 0 unspecified atom stereocenters. The Morgan fingerprint density at radius 1 is 1.21 bits per heavy atom. The Hall–Kier alpha value is -0.860. The van der Waals surface area contributed by atoms with Crippen LogP contribution in [0.15, 0.2) is 30.3 Å². The van der Waals surface area contributed by atoms with E-state index in [0.29, 0.717) is 5.92 Å². The normalized spacial score (nSPS) is 10.8. The van der Waals surface area contributed by atoms with Gasteiger partial charge in [0.25, 0.3) is 0 Å². The van der Waals surface area contributed by atoms with Gasteiger partial charge in [-0.15, -0.1) is 0 Å². The molecule has 1 N–H and O–H groups in total. The van der Waals surface area contributed by atoms with Crippen LogP contribution in [0, 0.1) is 5.92 Å². The van der Waals surface area contributed by atoms with Crippen molar-refractivity contribution in [1.82, 2.24) is 5.48 Å². The maximum atomic E-state index is 5.27. The minimum atomic E-state index is 0.583. The quantitative estimate of drug-likeness (QED) is 0.553. The third-order valence-electron chi connectivity index (χ3n) is 1.88. The lowest BCUT2D eigenvalue weighted by Crippen LogP contribution is -2.20. The van der Waals surface area contributed by atoms with Crippen molar-refractivity contribution in [1.29, 1.82) is 0 Å². The second kappa shape index (κ2) is 6.57. The van der Waals surface area contributed by atoms with Crippen molar-refractivity contribution in [3.63, 3.8) is 0 Å². The first-order valence-electron chi connectivity index (χ1n) is 5.17. The molecule has 0 amide bonds. The first-order valence-corrected chi connectivity index (χ1v) is 5.17. The minimum absolute atomic E-state index is 0.583. The highest BCUT2D eigenvalue weighted by atomic mass is 16.6. The van der Waals surface area contributed by atoms with Crippen molar-refractivity contribution < 1.29 is 4.84 Å². The van der Waals surface area contributed by atoms with Gasteiger partial charge in [0.1, 0.15) is 0 Å². The fourth-order valence-corrected chi connectivity index (χ4v) is 1.14. The van der Waals surface area contributed by atoms with Gasteiger partial charge >= 0.3 is 0 Å². The number of benzene rings is 1. The highest BCUT2D eigenvalue weighted by molar-refractivity contribution is 5.14. The monoisotopic (exact) mass is 193 g/mol. The number of hydrogen-bond donors (Lipinski definition) is 1. The van der Waals surface area contributed by atoms with Crippen LogP contribution >= 0.6 is 0 Å². The Bertz CT molecular complexity index is 233. The molecule has 0 atom stereocenters. The largest absolute Gasteiger partial charge is 0.302 e. The summed E-state index contributed by atoms with van der Waals surface area (Å²) >= 11 is 0. The van der Waals surface area contributed by atoms with E-state index in [0.717, 1.165) is 19.6 Å². The highest BCUT2D eigenvalue weighted by Crippen LogP contribution is 1.98. The molecule has 0 saturated carbocycles. The van der Waals surface area contributed by atoms with Crippen molar-refractivity contribution in [3.8, 4) is 0 Å². The first-order chi connectivity index (χ1) is 6.79. The molecule has 14 heavy (non-hydrogen) atoms. The van der Waals surface area contributed by atoms with E-state index in [-0.39, 0.29) is 0 Å². The van der Waals surface area contributed by atoms with E-state index in [1.807, 2.05) is 6.07 Å². The second-order valence-corrected chi connectivity index (χ2v) is 3.83. The van der Waals surface area contributed by atoms with Gasteiger partial charge in [0.2, 0.25) is 0 Å². The Balaban J connectivity index is 2.05. The molecule has 0 spiro atoms. The van der Waals surface area contributed by atoms with E-state index in [2.05, 4.69) is 43.6 Å². The molecule has 0 aliphatic carbocycles. The highest BCUT2D eigenvalue weighted by Gasteiger charge is 1.94. The maximum absolute atomic E-state index is 5.27. The van der Waals surface area contributed by atoms with Gasteiger partial charge in [0, 0.05) is 6.54 Å². The fraction of sp³-hybridized carbons (Fsp3) is 0.500. The zero-order valence-electron chi connectivity index (χ0n) is 8.99. The second-order valence-electron chi connectivity index (χ2n) is 3.83. The third-order valence-corrected chi connectivity index (χ3v) is 1.88. The Kier molecular flexibility index (Phi) is 5.27. The number of rotatable bonds is 6. The first kappa shape index (κ1) is 11.2. The SMILES string of the molecule is CC(C)CONCCc1ccccc1. The maximum Gasteiger partial charge on any atom is 0.0705 e. The molecule has 0 aliphatic heterocycles. The molecule has 0 bridgehead atoms. The van der Waals surface area contributed by atoms with E-state index < -0.39 is 0 Å². The predicted octanol–water partition coefficient (Wildman–Crippen LogP) is 2.41. The van der Waals surface area contributed by atoms with Crippen LogP contribution in [-0.2, 0) is 11.3 Å². The van der Waals surface area contributed by atoms with Gasteiger partial charge in [-0.2, -0.15) is 0 Å². The van der Waals surface area contributed by atoms with Gasteiger partial charge in [0.15, 0.2) is 0 Å². The van der Waals surface area contributed by atoms with Crippen molar-refractivity contribution in [3.05, 3.63) is 35.9 Å². The average Bonchev–Trinajstić information content (AvgIpc) is 2.18. The number of hydrogen-bond acceptors (Lipinski definition) is 2. The lowest BCUT2D eigenvalue weighted by molar-refractivity contribution is 0.0247. The Morgan fingerprint density at radius 2 is 1.93 bits per heavy atom. The van der Waals surface area contributed by atoms with E-state index >= 15 is 0 Å². The summed E-state index contributed by atoms with van der Waals surface area (Å²) in [6.07, 6.45) is 1.01. The Labute approximate surface area is 86.2 Å². The van der Waals surface area contributed by atoms with Crippen LogP contribution in [0.5, 0.6) is 0 Å². The summed E-state index contributed by atoms with van der Waals surface area (Å²) in [5.41, 5.74) is 4.31. The van der Waals surface area contributed by atoms with E-state index in [1.165, 1.54) is 5.56 Å². The van der Waals surface area contributed by atoms with Gasteiger partial charge < -0.3 is 4.84 Å². The van der Waals surface area contributed by atoms with E-state index in [1.54, 1.807) is 0 Å². The van der Waals surface area contributed by atoms with Gasteiger partial charge in [0.05, 0.1) is 6.61 Å². The summed E-state index contributed by atoms with van der Waals surface area (Å²) in [6, 6.07) is 10.4. The van der Waals surface area contributed by atoms with Crippen LogP contribution in [0.1, 0.15) is 19.4 Å². The molecule has 0 radical (unpaired) electrons. The van der Waals surface area contributed by atoms with Crippen LogP contribution in [-0.4, -0.2) is 13.2 Å². The smallest absolute Gasteiger partial charge is 0.0705 e. The van der Waals surface area contributed by atoms with Gasteiger partial charge in [-0.25, -0.2) is 5.48 Å².